The third-order valence-electron chi connectivity index (χ3n) is 5.40. The van der Waals surface area contributed by atoms with E-state index >= 15 is 0 Å². The molecule has 0 bridgehead atoms. The van der Waals surface area contributed by atoms with Crippen molar-refractivity contribution in [1.29, 1.82) is 0 Å². The van der Waals surface area contributed by atoms with Crippen LogP contribution >= 0.6 is 11.6 Å². The van der Waals surface area contributed by atoms with E-state index < -0.39 is 5.56 Å². The van der Waals surface area contributed by atoms with Crippen LogP contribution in [0.1, 0.15) is 21.8 Å². The smallest absolute Gasteiger partial charge is 0.256 e. The Morgan fingerprint density at radius 2 is 1.74 bits per heavy atom. The molecule has 0 aliphatic carbocycles. The second-order valence-corrected chi connectivity index (χ2v) is 8.13. The molecular weight excluding hydrogens is 456 g/mol. The van der Waals surface area contributed by atoms with Crippen LogP contribution in [0.4, 0.5) is 0 Å². The number of carbonyl (C=O) groups excluding carboxylic acids is 1. The lowest BCUT2D eigenvalue weighted by Gasteiger charge is -2.04. The number of rotatable bonds is 4. The van der Waals surface area contributed by atoms with Crippen molar-refractivity contribution in [2.24, 2.45) is 0 Å². The number of benzene rings is 3. The first kappa shape index (κ1) is 21.5. The first-order valence-corrected chi connectivity index (χ1v) is 10.8. The zero-order valence-corrected chi connectivity index (χ0v) is 18.6. The number of hydrogen-bond acceptors (Lipinski definition) is 6. The Bertz CT molecular complexity index is 1710. The minimum Gasteiger partial charge on any atom is -0.419 e. The van der Waals surface area contributed by atoms with E-state index in [0.717, 1.165) is 5.56 Å². The molecule has 0 saturated heterocycles. The van der Waals surface area contributed by atoms with Crippen LogP contribution in [0.2, 0.25) is 5.02 Å². The van der Waals surface area contributed by atoms with E-state index in [9.17, 15) is 14.4 Å². The van der Waals surface area contributed by atoms with E-state index in [1.54, 1.807) is 60.7 Å². The number of halogens is 1. The molecule has 0 fully saturated rings. The molecule has 0 saturated carbocycles. The number of nitrogens with one attached hydrogen (secondary N) is 2. The Hall–Kier alpha value is -4.30. The summed E-state index contributed by atoms with van der Waals surface area (Å²) in [6, 6.07) is 16.8. The number of aromatic nitrogens is 3. The third-order valence-corrected chi connectivity index (χ3v) is 5.73. The van der Waals surface area contributed by atoms with Gasteiger partial charge in [0.15, 0.2) is 5.43 Å². The van der Waals surface area contributed by atoms with E-state index in [1.807, 2.05) is 6.92 Å². The van der Waals surface area contributed by atoms with Crippen LogP contribution in [0.3, 0.4) is 0 Å². The first-order chi connectivity index (χ1) is 16.4. The van der Waals surface area contributed by atoms with Gasteiger partial charge in [-0.15, -0.1) is 10.2 Å². The predicted molar refractivity (Wildman–Crippen MR) is 129 cm³/mol. The molecule has 34 heavy (non-hydrogen) atoms. The zero-order chi connectivity index (χ0) is 23.8. The van der Waals surface area contributed by atoms with Crippen molar-refractivity contribution in [3.63, 3.8) is 0 Å². The quantitative estimate of drug-likeness (QED) is 0.408. The van der Waals surface area contributed by atoms with E-state index in [-0.39, 0.29) is 29.7 Å². The Morgan fingerprint density at radius 1 is 1.00 bits per heavy atom. The van der Waals surface area contributed by atoms with Crippen molar-refractivity contribution in [3.8, 4) is 11.5 Å². The first-order valence-electron chi connectivity index (χ1n) is 10.4. The van der Waals surface area contributed by atoms with E-state index in [0.29, 0.717) is 37.8 Å². The summed E-state index contributed by atoms with van der Waals surface area (Å²) in [5, 5.41) is 12.0. The molecule has 9 heteroatoms. The Morgan fingerprint density at radius 3 is 2.53 bits per heavy atom. The van der Waals surface area contributed by atoms with Gasteiger partial charge >= 0.3 is 0 Å². The number of hydrogen-bond donors (Lipinski definition) is 2. The second-order valence-electron chi connectivity index (χ2n) is 7.73. The molecule has 1 amide bonds. The van der Waals surface area contributed by atoms with Crippen LogP contribution in [0.15, 0.2) is 74.7 Å². The van der Waals surface area contributed by atoms with Crippen molar-refractivity contribution in [1.82, 2.24) is 20.5 Å². The molecule has 8 nitrogen and oxygen atoms in total. The van der Waals surface area contributed by atoms with E-state index in [4.69, 9.17) is 16.0 Å². The van der Waals surface area contributed by atoms with Crippen molar-refractivity contribution < 1.29 is 9.21 Å². The summed E-state index contributed by atoms with van der Waals surface area (Å²) in [5.74, 6) is -0.119. The van der Waals surface area contributed by atoms with E-state index in [2.05, 4.69) is 20.5 Å². The third kappa shape index (κ3) is 3.84. The van der Waals surface area contributed by atoms with Crippen molar-refractivity contribution >= 4 is 39.2 Å². The van der Waals surface area contributed by atoms with Crippen LogP contribution in [-0.2, 0) is 6.54 Å². The van der Waals surface area contributed by atoms with Gasteiger partial charge in [-0.1, -0.05) is 41.9 Å². The van der Waals surface area contributed by atoms with Gasteiger partial charge in [0.2, 0.25) is 11.8 Å². The highest BCUT2D eigenvalue weighted by atomic mass is 35.5. The molecule has 0 atom stereocenters. The summed E-state index contributed by atoms with van der Waals surface area (Å²) in [6.45, 7) is 1.80. The lowest BCUT2D eigenvalue weighted by atomic mass is 10.1. The standard InChI is InChI=1S/C25H17ClN4O4/c1-13-10-17-21(28-24(33)15-7-3-2-6-14(15)22(17)31)18(11-13)25-30-29-20(34-25)12-27-23(32)16-8-4-5-9-19(16)26/h2-11H,12H2,1H3,(H,27,32)(H,28,33). The lowest BCUT2D eigenvalue weighted by molar-refractivity contribution is 0.0947. The highest BCUT2D eigenvalue weighted by Crippen LogP contribution is 2.26. The summed E-state index contributed by atoms with van der Waals surface area (Å²) in [4.78, 5) is 41.3. The fourth-order valence-corrected chi connectivity index (χ4v) is 4.03. The topological polar surface area (TPSA) is 118 Å². The Labute approximate surface area is 197 Å². The van der Waals surface area contributed by atoms with E-state index in [1.165, 1.54) is 0 Å². The van der Waals surface area contributed by atoms with Crippen LogP contribution < -0.4 is 16.3 Å². The normalized spacial score (nSPS) is 11.1. The summed E-state index contributed by atoms with van der Waals surface area (Å²) < 4.78 is 5.76. The van der Waals surface area contributed by atoms with Crippen molar-refractivity contribution in [2.45, 2.75) is 13.5 Å². The van der Waals surface area contributed by atoms with Crippen LogP contribution in [0, 0.1) is 6.92 Å². The highest BCUT2D eigenvalue weighted by Gasteiger charge is 2.17. The molecule has 5 rings (SSSR count). The maximum atomic E-state index is 13.2. The van der Waals surface area contributed by atoms with Crippen LogP contribution in [-0.4, -0.2) is 21.1 Å². The summed E-state index contributed by atoms with van der Waals surface area (Å²) in [5.41, 5.74) is 1.14. The monoisotopic (exact) mass is 472 g/mol. The van der Waals surface area contributed by atoms with Crippen LogP contribution in [0.5, 0.6) is 0 Å². The lowest BCUT2D eigenvalue weighted by Crippen LogP contribution is -2.23. The molecule has 5 aromatic rings. The van der Waals surface area contributed by atoms with Gasteiger partial charge in [-0.3, -0.25) is 14.4 Å². The number of nitrogens with zero attached hydrogens (tertiary/aromatic N) is 2. The Kier molecular flexibility index (Phi) is 5.43. The molecule has 0 unspecified atom stereocenters. The predicted octanol–water partition coefficient (Wildman–Crippen LogP) is 3.98. The second kappa shape index (κ2) is 8.57. The summed E-state index contributed by atoms with van der Waals surface area (Å²) >= 11 is 6.06. The molecule has 2 N–H and O–H groups in total. The molecule has 0 radical (unpaired) electrons. The maximum absolute atomic E-state index is 13.2. The average molecular weight is 473 g/mol. The van der Waals surface area contributed by atoms with Crippen LogP contribution in [0.25, 0.3) is 33.1 Å². The number of carbonyl (C=O) groups is 1. The van der Waals surface area contributed by atoms with Gasteiger partial charge < -0.3 is 14.7 Å². The Balaban J connectivity index is 1.56. The molecule has 0 aliphatic heterocycles. The molecule has 2 heterocycles. The van der Waals surface area contributed by atoms with Gasteiger partial charge in [-0.2, -0.15) is 0 Å². The van der Waals surface area contributed by atoms with Crippen molar-refractivity contribution in [2.75, 3.05) is 0 Å². The van der Waals surface area contributed by atoms with Gasteiger partial charge in [0.25, 0.3) is 11.5 Å². The molecule has 168 valence electrons. The minimum atomic E-state index is -0.403. The SMILES string of the molecule is Cc1cc(-c2nnc(CNC(=O)c3ccccc3Cl)o2)c2[nH]c(=O)c3ccccc3c(=O)c2c1. The molecule has 0 aliphatic rings. The molecule has 3 aromatic carbocycles. The molecular formula is C25H17ClN4O4. The van der Waals surface area contributed by atoms with Gasteiger partial charge in [0.1, 0.15) is 0 Å². The maximum Gasteiger partial charge on any atom is 0.256 e. The number of H-pyrrole nitrogens is 1. The largest absolute Gasteiger partial charge is 0.419 e. The number of fused-ring (bicyclic) bond motifs is 2. The fourth-order valence-electron chi connectivity index (χ4n) is 3.80. The van der Waals surface area contributed by atoms with Gasteiger partial charge in [-0.25, -0.2) is 0 Å². The summed E-state index contributed by atoms with van der Waals surface area (Å²) in [7, 11) is 0. The molecule has 0 spiro atoms. The number of aryl methyl sites for hydroxylation is 1. The minimum absolute atomic E-state index is 0.0260. The number of amides is 1. The van der Waals surface area contributed by atoms with Gasteiger partial charge in [0.05, 0.1) is 33.6 Å². The molecule has 2 aromatic heterocycles. The van der Waals surface area contributed by atoms with Gasteiger partial charge in [0, 0.05) is 10.8 Å². The van der Waals surface area contributed by atoms with Crippen molar-refractivity contribution in [3.05, 3.63) is 103 Å². The summed E-state index contributed by atoms with van der Waals surface area (Å²) in [6.07, 6.45) is 0. The van der Waals surface area contributed by atoms with Gasteiger partial charge in [-0.05, 0) is 42.8 Å². The average Bonchev–Trinajstić information content (AvgIpc) is 3.28. The number of aromatic amines is 1. The highest BCUT2D eigenvalue weighted by molar-refractivity contribution is 6.33. The zero-order valence-electron chi connectivity index (χ0n) is 17.9. The fraction of sp³-hybridized carbons (Fsp3) is 0.0800.